The van der Waals surface area contributed by atoms with Crippen molar-refractivity contribution in [2.75, 3.05) is 0 Å². The van der Waals surface area contributed by atoms with E-state index in [9.17, 15) is 5.11 Å². The van der Waals surface area contributed by atoms with E-state index in [4.69, 9.17) is 5.73 Å². The van der Waals surface area contributed by atoms with E-state index in [0.29, 0.717) is 11.7 Å². The molecule has 0 spiro atoms. The molecule has 0 amide bonds. The Morgan fingerprint density at radius 1 is 1.46 bits per heavy atom. The van der Waals surface area contributed by atoms with Crippen LogP contribution in [0.15, 0.2) is 18.2 Å². The molecule has 2 heteroatoms. The van der Waals surface area contributed by atoms with E-state index < -0.39 is 0 Å². The highest BCUT2D eigenvalue weighted by molar-refractivity contribution is 5.36. The lowest BCUT2D eigenvalue weighted by atomic mass is 9.98. The molecule has 1 aromatic rings. The van der Waals surface area contributed by atoms with Gasteiger partial charge < -0.3 is 10.8 Å². The van der Waals surface area contributed by atoms with Crippen LogP contribution in [0.2, 0.25) is 0 Å². The first-order chi connectivity index (χ1) is 6.18. The number of aryl methyl sites for hydroxylation is 1. The molecule has 2 rings (SSSR count). The summed E-state index contributed by atoms with van der Waals surface area (Å²) in [6.45, 7) is 2.04. The molecule has 0 radical (unpaired) electrons. The van der Waals surface area contributed by atoms with E-state index in [1.54, 1.807) is 12.1 Å². The predicted octanol–water partition coefficient (Wildman–Crippen LogP) is 2.11. The molecule has 0 saturated heterocycles. The number of benzene rings is 1. The van der Waals surface area contributed by atoms with Gasteiger partial charge in [-0.2, -0.15) is 0 Å². The second-order valence-corrected chi connectivity index (χ2v) is 3.90. The summed E-state index contributed by atoms with van der Waals surface area (Å²) in [5, 5.41) is 9.33. The third-order valence-corrected chi connectivity index (χ3v) is 2.75. The number of rotatable bonds is 2. The van der Waals surface area contributed by atoms with E-state index in [-0.39, 0.29) is 6.04 Å². The average Bonchev–Trinajstić information content (AvgIpc) is 2.91. The van der Waals surface area contributed by atoms with Crippen molar-refractivity contribution in [3.63, 3.8) is 0 Å². The largest absolute Gasteiger partial charge is 0.508 e. The van der Waals surface area contributed by atoms with Crippen molar-refractivity contribution in [3.8, 4) is 5.75 Å². The van der Waals surface area contributed by atoms with Gasteiger partial charge in [0.2, 0.25) is 0 Å². The van der Waals surface area contributed by atoms with Crippen LogP contribution in [0.5, 0.6) is 5.75 Å². The van der Waals surface area contributed by atoms with Crippen LogP contribution >= 0.6 is 0 Å². The van der Waals surface area contributed by atoms with E-state index in [2.05, 4.69) is 0 Å². The lowest BCUT2D eigenvalue weighted by Gasteiger charge is -2.13. The molecule has 1 unspecified atom stereocenters. The Morgan fingerprint density at radius 2 is 2.15 bits per heavy atom. The third-order valence-electron chi connectivity index (χ3n) is 2.75. The van der Waals surface area contributed by atoms with Crippen LogP contribution in [0.3, 0.4) is 0 Å². The van der Waals surface area contributed by atoms with Gasteiger partial charge in [0.25, 0.3) is 0 Å². The topological polar surface area (TPSA) is 46.2 Å². The first kappa shape index (κ1) is 8.57. The minimum absolute atomic E-state index is 0.118. The normalized spacial score (nSPS) is 18.6. The first-order valence-corrected chi connectivity index (χ1v) is 4.73. The Bertz CT molecular complexity index is 318. The van der Waals surface area contributed by atoms with Crippen LogP contribution in [0.1, 0.15) is 30.0 Å². The molecule has 1 saturated carbocycles. The lowest BCUT2D eigenvalue weighted by molar-refractivity contribution is 0.472. The van der Waals surface area contributed by atoms with Crippen molar-refractivity contribution in [3.05, 3.63) is 29.3 Å². The second-order valence-electron chi connectivity index (χ2n) is 3.90. The van der Waals surface area contributed by atoms with Gasteiger partial charge in [-0.25, -0.2) is 0 Å². The summed E-state index contributed by atoms with van der Waals surface area (Å²) in [6.07, 6.45) is 2.46. The van der Waals surface area contributed by atoms with Crippen LogP contribution in [-0.4, -0.2) is 5.11 Å². The minimum atomic E-state index is 0.118. The fraction of sp³-hybridized carbons (Fsp3) is 0.455. The fourth-order valence-corrected chi connectivity index (χ4v) is 1.70. The van der Waals surface area contributed by atoms with Crippen molar-refractivity contribution in [2.24, 2.45) is 11.7 Å². The van der Waals surface area contributed by atoms with E-state index in [1.807, 2.05) is 13.0 Å². The summed E-state index contributed by atoms with van der Waals surface area (Å²) in [6, 6.07) is 5.54. The van der Waals surface area contributed by atoms with Crippen molar-refractivity contribution in [1.29, 1.82) is 0 Å². The van der Waals surface area contributed by atoms with E-state index in [0.717, 1.165) is 5.56 Å². The Morgan fingerprint density at radius 3 is 2.77 bits per heavy atom. The van der Waals surface area contributed by atoms with Crippen LogP contribution in [0.4, 0.5) is 0 Å². The maximum Gasteiger partial charge on any atom is 0.115 e. The van der Waals surface area contributed by atoms with Gasteiger partial charge in [0.15, 0.2) is 0 Å². The lowest BCUT2D eigenvalue weighted by Crippen LogP contribution is -2.13. The third kappa shape index (κ3) is 1.68. The van der Waals surface area contributed by atoms with Gasteiger partial charge in [0.05, 0.1) is 0 Å². The van der Waals surface area contributed by atoms with Crippen LogP contribution in [0.25, 0.3) is 0 Å². The molecule has 1 atom stereocenters. The molecule has 2 nitrogen and oxygen atoms in total. The number of hydrogen-bond acceptors (Lipinski definition) is 2. The maximum absolute atomic E-state index is 9.33. The highest BCUT2D eigenvalue weighted by atomic mass is 16.3. The van der Waals surface area contributed by atoms with Gasteiger partial charge in [-0.05, 0) is 48.9 Å². The van der Waals surface area contributed by atoms with E-state index >= 15 is 0 Å². The van der Waals surface area contributed by atoms with Gasteiger partial charge in [-0.15, -0.1) is 0 Å². The zero-order valence-electron chi connectivity index (χ0n) is 7.83. The van der Waals surface area contributed by atoms with Crippen molar-refractivity contribution in [2.45, 2.75) is 25.8 Å². The summed E-state index contributed by atoms with van der Waals surface area (Å²) in [7, 11) is 0. The van der Waals surface area contributed by atoms with Gasteiger partial charge >= 0.3 is 0 Å². The van der Waals surface area contributed by atoms with Crippen LogP contribution in [-0.2, 0) is 0 Å². The summed E-state index contributed by atoms with van der Waals surface area (Å²) in [5.41, 5.74) is 8.34. The highest BCUT2D eigenvalue weighted by Crippen LogP contribution is 2.40. The fourth-order valence-electron chi connectivity index (χ4n) is 1.70. The maximum atomic E-state index is 9.33. The molecule has 0 bridgehead atoms. The molecule has 70 valence electrons. The number of aromatic hydroxyl groups is 1. The van der Waals surface area contributed by atoms with Crippen molar-refractivity contribution >= 4 is 0 Å². The van der Waals surface area contributed by atoms with Gasteiger partial charge in [0, 0.05) is 6.04 Å². The average molecular weight is 177 g/mol. The molecule has 0 aromatic heterocycles. The summed E-state index contributed by atoms with van der Waals surface area (Å²) >= 11 is 0. The highest BCUT2D eigenvalue weighted by Gasteiger charge is 2.30. The Kier molecular flexibility index (Phi) is 2.00. The molecule has 0 heterocycles. The van der Waals surface area contributed by atoms with Crippen molar-refractivity contribution < 1.29 is 5.11 Å². The summed E-state index contributed by atoms with van der Waals surface area (Å²) in [5.74, 6) is 0.956. The monoisotopic (exact) mass is 177 g/mol. The van der Waals surface area contributed by atoms with Crippen LogP contribution in [0, 0.1) is 12.8 Å². The summed E-state index contributed by atoms with van der Waals surface area (Å²) < 4.78 is 0. The first-order valence-electron chi connectivity index (χ1n) is 4.73. The Hall–Kier alpha value is -1.02. The van der Waals surface area contributed by atoms with Gasteiger partial charge in [-0.1, -0.05) is 6.07 Å². The molecule has 0 aliphatic heterocycles. The predicted molar refractivity (Wildman–Crippen MR) is 52.5 cm³/mol. The quantitative estimate of drug-likeness (QED) is 0.726. The molecule has 1 aromatic carbocycles. The molecule has 1 fully saturated rings. The molecule has 1 aliphatic carbocycles. The van der Waals surface area contributed by atoms with Crippen molar-refractivity contribution in [1.82, 2.24) is 0 Å². The van der Waals surface area contributed by atoms with Gasteiger partial charge in [0.1, 0.15) is 5.75 Å². The number of phenols is 1. The Labute approximate surface area is 78.4 Å². The van der Waals surface area contributed by atoms with Gasteiger partial charge in [-0.3, -0.25) is 0 Å². The number of hydrogen-bond donors (Lipinski definition) is 2. The molecule has 1 aliphatic rings. The zero-order chi connectivity index (χ0) is 9.42. The molecular weight excluding hydrogens is 162 g/mol. The van der Waals surface area contributed by atoms with E-state index in [1.165, 1.54) is 18.4 Å². The molecular formula is C11H15NO. The molecule has 3 N–H and O–H groups in total. The SMILES string of the molecule is Cc1ccc(O)cc1C(N)C1CC1. The van der Waals surface area contributed by atoms with Crippen LogP contribution < -0.4 is 5.73 Å². The standard InChI is InChI=1S/C11H15NO/c1-7-2-5-9(13)6-10(7)11(12)8-3-4-8/h2,5-6,8,11,13H,3-4,12H2,1H3. The smallest absolute Gasteiger partial charge is 0.115 e. The molecule has 13 heavy (non-hydrogen) atoms. The number of phenolic OH excluding ortho intramolecular Hbond substituents is 1. The number of nitrogens with two attached hydrogens (primary N) is 1. The second kappa shape index (κ2) is 3.04. The summed E-state index contributed by atoms with van der Waals surface area (Å²) in [4.78, 5) is 0. The Balaban J connectivity index is 2.31. The minimum Gasteiger partial charge on any atom is -0.508 e. The zero-order valence-corrected chi connectivity index (χ0v) is 7.83.